The first-order valence-corrected chi connectivity index (χ1v) is 9.53. The van der Waals surface area contributed by atoms with E-state index >= 15 is 0 Å². The number of fused-ring (bicyclic) bond motifs is 1. The van der Waals surface area contributed by atoms with Gasteiger partial charge in [-0.25, -0.2) is 0 Å². The smallest absolute Gasteiger partial charge is 0.260 e. The number of carbonyl (C=O) groups is 1. The second-order valence-electron chi connectivity index (χ2n) is 6.36. The van der Waals surface area contributed by atoms with Crippen molar-refractivity contribution in [2.24, 2.45) is 0 Å². The molecule has 2 aromatic heterocycles. The molecule has 1 N–H and O–H groups in total. The number of aromatic amines is 1. The first-order valence-electron chi connectivity index (χ1n) is 8.78. The number of H-pyrrole nitrogens is 1. The number of aromatic nitrogens is 2. The van der Waals surface area contributed by atoms with E-state index in [0.29, 0.717) is 32.2 Å². The predicted molar refractivity (Wildman–Crippen MR) is 118 cm³/mol. The van der Waals surface area contributed by atoms with Crippen molar-refractivity contribution in [1.82, 2.24) is 9.97 Å². The first kappa shape index (κ1) is 19.1. The maximum absolute atomic E-state index is 13.0. The molecule has 0 atom stereocenters. The summed E-state index contributed by atoms with van der Waals surface area (Å²) in [4.78, 5) is 32.8. The van der Waals surface area contributed by atoms with Crippen molar-refractivity contribution in [3.8, 4) is 11.1 Å². The minimum atomic E-state index is -0.465. The van der Waals surface area contributed by atoms with Gasteiger partial charge >= 0.3 is 0 Å². The fourth-order valence-corrected chi connectivity index (χ4v) is 3.50. The minimum Gasteiger partial charge on any atom is -0.321 e. The van der Waals surface area contributed by atoms with Gasteiger partial charge in [-0.15, -0.1) is 0 Å². The topological polar surface area (TPSA) is 62.8 Å². The molecule has 0 unspecified atom stereocenters. The first-order chi connectivity index (χ1) is 14.0. The van der Waals surface area contributed by atoms with Crippen LogP contribution in [0.2, 0.25) is 10.0 Å². The lowest BCUT2D eigenvalue weighted by Gasteiger charge is -2.11. The second-order valence-corrected chi connectivity index (χ2v) is 7.23. The summed E-state index contributed by atoms with van der Waals surface area (Å²) in [6, 6.07) is 17.7. The summed E-state index contributed by atoms with van der Waals surface area (Å²) in [6.07, 6.45) is 4.41. The summed E-state index contributed by atoms with van der Waals surface area (Å²) >= 11 is 12.2. The Morgan fingerprint density at radius 2 is 1.72 bits per heavy atom. The minimum absolute atomic E-state index is 0.0456. The number of benzene rings is 2. The summed E-state index contributed by atoms with van der Waals surface area (Å²) in [6.45, 7) is 0. The highest BCUT2D eigenvalue weighted by Gasteiger charge is 2.19. The molecule has 0 aliphatic heterocycles. The zero-order valence-electron chi connectivity index (χ0n) is 15.0. The fraction of sp³-hybridized carbons (Fsp3) is 0. The molecular formula is C23H14Cl2N2O2. The third-order valence-electron chi connectivity index (χ3n) is 4.43. The van der Waals surface area contributed by atoms with Crippen LogP contribution in [0.1, 0.15) is 16.1 Å². The van der Waals surface area contributed by atoms with E-state index in [-0.39, 0.29) is 5.56 Å². The van der Waals surface area contributed by atoms with Crippen LogP contribution in [0.5, 0.6) is 0 Å². The van der Waals surface area contributed by atoms with Crippen LogP contribution in [-0.2, 0) is 0 Å². The molecule has 2 aromatic carbocycles. The van der Waals surface area contributed by atoms with Crippen LogP contribution in [0.15, 0.2) is 77.7 Å². The Hall–Kier alpha value is -3.21. The highest BCUT2D eigenvalue weighted by Crippen LogP contribution is 2.31. The molecule has 0 amide bonds. The number of pyridine rings is 2. The van der Waals surface area contributed by atoms with E-state index in [1.165, 1.54) is 12.2 Å². The average molecular weight is 421 g/mol. The molecule has 0 fully saturated rings. The molecule has 2 heterocycles. The Morgan fingerprint density at radius 3 is 2.48 bits per heavy atom. The van der Waals surface area contributed by atoms with Gasteiger partial charge in [0, 0.05) is 32.7 Å². The Balaban J connectivity index is 1.92. The van der Waals surface area contributed by atoms with Gasteiger partial charge in [-0.3, -0.25) is 14.6 Å². The van der Waals surface area contributed by atoms with Gasteiger partial charge in [0.15, 0.2) is 5.78 Å². The van der Waals surface area contributed by atoms with E-state index < -0.39 is 11.3 Å². The molecule has 4 nitrogen and oxygen atoms in total. The highest BCUT2D eigenvalue weighted by molar-refractivity contribution is 6.31. The van der Waals surface area contributed by atoms with Crippen molar-refractivity contribution < 1.29 is 4.79 Å². The molecule has 4 aromatic rings. The van der Waals surface area contributed by atoms with Gasteiger partial charge in [-0.1, -0.05) is 53.5 Å². The summed E-state index contributed by atoms with van der Waals surface area (Å²) in [5.74, 6) is -0.436. The quantitative estimate of drug-likeness (QED) is 0.335. The van der Waals surface area contributed by atoms with Crippen LogP contribution in [0, 0.1) is 0 Å². The molecule has 0 aliphatic carbocycles. The van der Waals surface area contributed by atoms with Crippen LogP contribution in [0.4, 0.5) is 0 Å². The van der Waals surface area contributed by atoms with Crippen LogP contribution >= 0.6 is 23.2 Å². The van der Waals surface area contributed by atoms with Gasteiger partial charge in [-0.2, -0.15) is 0 Å². The number of ketones is 1. The highest BCUT2D eigenvalue weighted by atomic mass is 35.5. The molecule has 142 valence electrons. The standard InChI is InChI=1S/C23H14Cl2N2O2/c24-15-6-8-19-18(13-15)21(14-4-2-1-3-5-14)22(23(29)27-19)20(28)9-7-17-12-16(25)10-11-26-17/h1-13H,(H,27,29)/b9-7+. The number of allylic oxidation sites excluding steroid dienone is 1. The van der Waals surface area contributed by atoms with Gasteiger partial charge < -0.3 is 4.98 Å². The van der Waals surface area contributed by atoms with Crippen molar-refractivity contribution in [2.75, 3.05) is 0 Å². The largest absolute Gasteiger partial charge is 0.321 e. The van der Waals surface area contributed by atoms with E-state index in [1.807, 2.05) is 30.3 Å². The van der Waals surface area contributed by atoms with Crippen LogP contribution < -0.4 is 5.56 Å². The molecule has 0 saturated heterocycles. The monoisotopic (exact) mass is 420 g/mol. The summed E-state index contributed by atoms with van der Waals surface area (Å²) in [5.41, 5.74) is 2.00. The second kappa shape index (κ2) is 8.03. The maximum atomic E-state index is 13.0. The number of nitrogens with zero attached hydrogens (tertiary/aromatic N) is 1. The zero-order chi connectivity index (χ0) is 20.4. The molecule has 0 spiro atoms. The lowest BCUT2D eigenvalue weighted by atomic mass is 9.94. The third-order valence-corrected chi connectivity index (χ3v) is 4.90. The molecular weight excluding hydrogens is 407 g/mol. The number of nitrogens with one attached hydrogen (secondary N) is 1. The van der Waals surface area contributed by atoms with Crippen LogP contribution in [-0.4, -0.2) is 15.8 Å². The summed E-state index contributed by atoms with van der Waals surface area (Å²) < 4.78 is 0. The number of halogens is 2. The van der Waals surface area contributed by atoms with E-state index in [9.17, 15) is 9.59 Å². The lowest BCUT2D eigenvalue weighted by Crippen LogP contribution is -2.18. The molecule has 4 rings (SSSR count). The van der Waals surface area contributed by atoms with E-state index in [2.05, 4.69) is 9.97 Å². The predicted octanol–water partition coefficient (Wildman–Crippen LogP) is 5.79. The zero-order valence-corrected chi connectivity index (χ0v) is 16.5. The number of rotatable bonds is 4. The maximum Gasteiger partial charge on any atom is 0.260 e. The fourth-order valence-electron chi connectivity index (χ4n) is 3.16. The number of carbonyl (C=O) groups excluding carboxylic acids is 1. The average Bonchev–Trinajstić information content (AvgIpc) is 2.72. The van der Waals surface area contributed by atoms with Crippen molar-refractivity contribution in [3.63, 3.8) is 0 Å². The molecule has 6 heteroatoms. The normalized spacial score (nSPS) is 11.2. The van der Waals surface area contributed by atoms with Gasteiger partial charge in [0.1, 0.15) is 0 Å². The van der Waals surface area contributed by atoms with E-state index in [4.69, 9.17) is 23.2 Å². The Morgan fingerprint density at radius 1 is 0.966 bits per heavy atom. The van der Waals surface area contributed by atoms with Crippen molar-refractivity contribution in [1.29, 1.82) is 0 Å². The summed E-state index contributed by atoms with van der Waals surface area (Å²) in [7, 11) is 0. The van der Waals surface area contributed by atoms with E-state index in [1.54, 1.807) is 36.5 Å². The lowest BCUT2D eigenvalue weighted by molar-refractivity contribution is 0.104. The molecule has 0 saturated carbocycles. The van der Waals surface area contributed by atoms with Crippen molar-refractivity contribution >= 4 is 46.0 Å². The van der Waals surface area contributed by atoms with Gasteiger partial charge in [-0.05, 0) is 48.0 Å². The van der Waals surface area contributed by atoms with Crippen molar-refractivity contribution in [2.45, 2.75) is 0 Å². The Labute approximate surface area is 176 Å². The van der Waals surface area contributed by atoms with Gasteiger partial charge in [0.25, 0.3) is 5.56 Å². The molecule has 29 heavy (non-hydrogen) atoms. The molecule has 0 aliphatic rings. The Bertz CT molecular complexity index is 1310. The van der Waals surface area contributed by atoms with Crippen LogP contribution in [0.25, 0.3) is 28.1 Å². The summed E-state index contributed by atoms with van der Waals surface area (Å²) in [5, 5.41) is 1.72. The Kier molecular flexibility index (Phi) is 5.30. The molecule has 0 bridgehead atoms. The number of hydrogen-bond acceptors (Lipinski definition) is 3. The molecule has 0 radical (unpaired) electrons. The van der Waals surface area contributed by atoms with Crippen molar-refractivity contribution in [3.05, 3.63) is 105 Å². The van der Waals surface area contributed by atoms with E-state index in [0.717, 1.165) is 5.56 Å². The van der Waals surface area contributed by atoms with Crippen LogP contribution in [0.3, 0.4) is 0 Å². The number of hydrogen-bond donors (Lipinski definition) is 1. The third kappa shape index (κ3) is 3.99. The SMILES string of the molecule is O=C(/C=C/c1cc(Cl)ccn1)c1c(-c2ccccc2)c2cc(Cl)ccc2[nH]c1=O. The van der Waals surface area contributed by atoms with Gasteiger partial charge in [0.2, 0.25) is 0 Å². The van der Waals surface area contributed by atoms with Gasteiger partial charge in [0.05, 0.1) is 11.3 Å².